The zero-order valence-electron chi connectivity index (χ0n) is 19.3. The fourth-order valence-electron chi connectivity index (χ4n) is 3.61. The summed E-state index contributed by atoms with van der Waals surface area (Å²) in [7, 11) is 0. The lowest BCUT2D eigenvalue weighted by molar-refractivity contribution is -0.139. The number of thioether (sulfide) groups is 1. The van der Waals surface area contributed by atoms with Crippen LogP contribution in [0.2, 0.25) is 5.02 Å². The highest BCUT2D eigenvalue weighted by molar-refractivity contribution is 8.13. The van der Waals surface area contributed by atoms with Crippen molar-refractivity contribution in [2.75, 3.05) is 26.0 Å². The molecule has 1 aliphatic rings. The summed E-state index contributed by atoms with van der Waals surface area (Å²) < 4.78 is 19.2. The summed E-state index contributed by atoms with van der Waals surface area (Å²) in [5.41, 5.74) is 1.26. The molecule has 11 heteroatoms. The van der Waals surface area contributed by atoms with E-state index in [1.54, 1.807) is 19.4 Å². The molecule has 7 nitrogen and oxygen atoms in total. The lowest BCUT2D eigenvalue weighted by Gasteiger charge is -2.32. The average Bonchev–Trinajstić information content (AvgIpc) is 3.36. The smallest absolute Gasteiger partial charge is 0.338 e. The van der Waals surface area contributed by atoms with Crippen LogP contribution in [-0.2, 0) is 14.3 Å². The van der Waals surface area contributed by atoms with Gasteiger partial charge in [-0.3, -0.25) is 14.7 Å². The second-order valence-corrected chi connectivity index (χ2v) is 9.50. The third-order valence-electron chi connectivity index (χ3n) is 5.37. The fraction of sp³-hybridized carbons (Fsp3) is 0.391. The van der Waals surface area contributed by atoms with Crippen molar-refractivity contribution in [2.24, 2.45) is 4.99 Å². The largest absolute Gasteiger partial charge is 0.463 e. The molecule has 2 heterocycles. The van der Waals surface area contributed by atoms with Gasteiger partial charge in [0, 0.05) is 34.4 Å². The van der Waals surface area contributed by atoms with Gasteiger partial charge in [-0.05, 0) is 38.8 Å². The van der Waals surface area contributed by atoms with Crippen LogP contribution in [0.5, 0.6) is 0 Å². The number of hydrogen-bond acceptors (Lipinski definition) is 9. The van der Waals surface area contributed by atoms with Gasteiger partial charge in [0.15, 0.2) is 10.8 Å². The summed E-state index contributed by atoms with van der Waals surface area (Å²) in [4.78, 5) is 36.6. The van der Waals surface area contributed by atoms with Crippen LogP contribution in [-0.4, -0.2) is 58.8 Å². The highest BCUT2D eigenvalue weighted by atomic mass is 35.5. The minimum atomic E-state index is -0.840. The Morgan fingerprint density at radius 1 is 1.38 bits per heavy atom. The predicted molar refractivity (Wildman–Crippen MR) is 135 cm³/mol. The van der Waals surface area contributed by atoms with Gasteiger partial charge in [-0.1, -0.05) is 36.4 Å². The Morgan fingerprint density at radius 3 is 2.74 bits per heavy atom. The summed E-state index contributed by atoms with van der Waals surface area (Å²) >= 11 is 8.95. The molecule has 1 aromatic heterocycles. The monoisotopic (exact) mass is 524 g/mol. The molecule has 3 rings (SSSR count). The standard InChI is InChI=1S/C23H26ClFN4O3S2/c1-5-29(13(3)23(31)33-4)12-17-18(22(30)32-6-2)19(15-8-7-14(25)11-16(15)24)28-20(27-17)21-26-9-10-34-21/h7-11,13,19H,5-6,12H2,1-4H3,(H,27,28). The molecule has 0 aliphatic carbocycles. The zero-order valence-corrected chi connectivity index (χ0v) is 21.7. The number of nitrogens with zero attached hydrogens (tertiary/aromatic N) is 3. The Bertz CT molecular complexity index is 1110. The van der Waals surface area contributed by atoms with Gasteiger partial charge in [0.05, 0.1) is 18.2 Å². The van der Waals surface area contributed by atoms with Crippen molar-refractivity contribution in [3.8, 4) is 0 Å². The number of hydrogen-bond donors (Lipinski definition) is 1. The van der Waals surface area contributed by atoms with E-state index in [4.69, 9.17) is 21.3 Å². The van der Waals surface area contributed by atoms with Crippen LogP contribution in [0.25, 0.3) is 0 Å². The Labute approximate surface area is 211 Å². The number of thiazole rings is 1. The Hall–Kier alpha value is -2.27. The summed E-state index contributed by atoms with van der Waals surface area (Å²) in [5, 5.41) is 5.86. The second kappa shape index (κ2) is 11.9. The molecule has 34 heavy (non-hydrogen) atoms. The van der Waals surface area contributed by atoms with Crippen LogP contribution >= 0.6 is 34.7 Å². The molecule has 0 fully saturated rings. The topological polar surface area (TPSA) is 83.9 Å². The lowest BCUT2D eigenvalue weighted by atomic mass is 9.95. The first-order valence-corrected chi connectivity index (χ1v) is 13.2. The van der Waals surface area contributed by atoms with E-state index in [0.717, 1.165) is 11.8 Å². The maximum Gasteiger partial charge on any atom is 0.338 e. The maximum atomic E-state index is 13.8. The van der Waals surface area contributed by atoms with Crippen LogP contribution < -0.4 is 5.32 Å². The van der Waals surface area contributed by atoms with Crippen molar-refractivity contribution in [2.45, 2.75) is 32.9 Å². The first-order chi connectivity index (χ1) is 16.3. The van der Waals surface area contributed by atoms with E-state index in [-0.39, 0.29) is 34.9 Å². The average molecular weight is 525 g/mol. The third-order valence-corrected chi connectivity index (χ3v) is 7.22. The van der Waals surface area contributed by atoms with Gasteiger partial charge in [0.2, 0.25) is 5.12 Å². The van der Waals surface area contributed by atoms with E-state index >= 15 is 0 Å². The van der Waals surface area contributed by atoms with Crippen LogP contribution in [0.3, 0.4) is 0 Å². The number of likely N-dealkylation sites (N-methyl/N-ethyl adjacent to an activating group) is 1. The van der Waals surface area contributed by atoms with E-state index in [9.17, 15) is 14.0 Å². The van der Waals surface area contributed by atoms with E-state index in [1.165, 1.54) is 29.5 Å². The molecule has 0 saturated heterocycles. The van der Waals surface area contributed by atoms with E-state index < -0.39 is 17.8 Å². The first kappa shape index (κ1) is 26.3. The molecular formula is C23H26ClFN4O3S2. The molecule has 0 saturated carbocycles. The quantitative estimate of drug-likeness (QED) is 0.485. The molecular weight excluding hydrogens is 499 g/mol. The number of aromatic nitrogens is 1. The number of carbonyl (C=O) groups excluding carboxylic acids is 2. The summed E-state index contributed by atoms with van der Waals surface area (Å²) in [6.07, 6.45) is 3.40. The lowest BCUT2D eigenvalue weighted by Crippen LogP contribution is -2.44. The Morgan fingerprint density at radius 2 is 2.15 bits per heavy atom. The molecule has 182 valence electrons. The van der Waals surface area contributed by atoms with E-state index in [2.05, 4.69) is 10.3 Å². The highest BCUT2D eigenvalue weighted by Gasteiger charge is 2.35. The van der Waals surface area contributed by atoms with Gasteiger partial charge in [0.25, 0.3) is 0 Å². The number of rotatable bonds is 9. The number of benzene rings is 1. The maximum absolute atomic E-state index is 13.8. The molecule has 1 aliphatic heterocycles. The van der Waals surface area contributed by atoms with Gasteiger partial charge in [0.1, 0.15) is 11.9 Å². The van der Waals surface area contributed by atoms with Crippen molar-refractivity contribution in [1.29, 1.82) is 0 Å². The van der Waals surface area contributed by atoms with Gasteiger partial charge < -0.3 is 10.1 Å². The molecule has 1 N–H and O–H groups in total. The van der Waals surface area contributed by atoms with Crippen molar-refractivity contribution in [3.05, 3.63) is 62.5 Å². The summed E-state index contributed by atoms with van der Waals surface area (Å²) in [5.74, 6) is -0.587. The van der Waals surface area contributed by atoms with Crippen molar-refractivity contribution in [1.82, 2.24) is 15.2 Å². The highest BCUT2D eigenvalue weighted by Crippen LogP contribution is 2.37. The number of halogens is 2. The van der Waals surface area contributed by atoms with Crippen molar-refractivity contribution >= 4 is 51.6 Å². The van der Waals surface area contributed by atoms with Gasteiger partial charge in [-0.25, -0.2) is 14.2 Å². The number of amidine groups is 1. The number of aliphatic imine (C=N–C) groups is 1. The number of nitrogens with one attached hydrogen (secondary N) is 1. The molecule has 2 unspecified atom stereocenters. The van der Waals surface area contributed by atoms with Crippen LogP contribution in [0.15, 0.2) is 46.0 Å². The number of carbonyl (C=O) groups is 2. The van der Waals surface area contributed by atoms with Crippen LogP contribution in [0.1, 0.15) is 37.4 Å². The molecule has 0 radical (unpaired) electrons. The van der Waals surface area contributed by atoms with Crippen molar-refractivity contribution in [3.63, 3.8) is 0 Å². The molecule has 0 bridgehead atoms. The molecule has 0 spiro atoms. The molecule has 2 aromatic rings. The molecule has 2 atom stereocenters. The zero-order chi connectivity index (χ0) is 24.8. The minimum Gasteiger partial charge on any atom is -0.463 e. The summed E-state index contributed by atoms with van der Waals surface area (Å²) in [6.45, 7) is 6.50. The van der Waals surface area contributed by atoms with Crippen LogP contribution in [0.4, 0.5) is 4.39 Å². The number of ether oxygens (including phenoxy) is 1. The summed E-state index contributed by atoms with van der Waals surface area (Å²) in [6, 6.07) is 2.77. The van der Waals surface area contributed by atoms with Gasteiger partial charge in [-0.15, -0.1) is 11.3 Å². The predicted octanol–water partition coefficient (Wildman–Crippen LogP) is 4.44. The Balaban J connectivity index is 2.16. The van der Waals surface area contributed by atoms with Gasteiger partial charge >= 0.3 is 5.97 Å². The molecule has 0 amide bonds. The SMILES string of the molecule is CCOC(=O)C1=C(CN(CC)C(C)C(=O)SC)NC(c2nccs2)=NC1c1ccc(F)cc1Cl. The van der Waals surface area contributed by atoms with E-state index in [0.29, 0.717) is 28.6 Å². The van der Waals surface area contributed by atoms with Gasteiger partial charge in [-0.2, -0.15) is 0 Å². The van der Waals surface area contributed by atoms with Crippen molar-refractivity contribution < 1.29 is 18.7 Å². The van der Waals surface area contributed by atoms with E-state index in [1.807, 2.05) is 24.1 Å². The normalized spacial score (nSPS) is 16.8. The Kier molecular flexibility index (Phi) is 9.24. The minimum absolute atomic E-state index is 0.0166. The van der Waals surface area contributed by atoms with Crippen LogP contribution in [0, 0.1) is 5.82 Å². The first-order valence-electron chi connectivity index (χ1n) is 10.7. The number of esters is 1. The second-order valence-electron chi connectivity index (χ2n) is 7.38. The third kappa shape index (κ3) is 5.86. The molecule has 1 aromatic carbocycles. The fourth-order valence-corrected chi connectivity index (χ4v) is 4.96.